The van der Waals surface area contributed by atoms with Gasteiger partial charge in [0.25, 0.3) is 0 Å². The van der Waals surface area contributed by atoms with E-state index in [2.05, 4.69) is 25.7 Å². The molecule has 0 saturated carbocycles. The topological polar surface area (TPSA) is 3.24 Å². The molecular weight excluding hydrogens is 158 g/mol. The van der Waals surface area contributed by atoms with Gasteiger partial charge in [0.1, 0.15) is 0 Å². The highest BCUT2D eigenvalue weighted by molar-refractivity contribution is 4.88. The average Bonchev–Trinajstić information content (AvgIpc) is 2.03. The third-order valence-electron chi connectivity index (χ3n) is 3.67. The highest BCUT2D eigenvalue weighted by Crippen LogP contribution is 2.38. The maximum absolute atomic E-state index is 2.66. The molecular formula is C12H23N. The van der Waals surface area contributed by atoms with E-state index >= 15 is 0 Å². The van der Waals surface area contributed by atoms with Crippen LogP contribution in [-0.2, 0) is 0 Å². The molecule has 0 radical (unpaired) electrons. The molecule has 0 unspecified atom stereocenters. The van der Waals surface area contributed by atoms with Crippen LogP contribution < -0.4 is 0 Å². The van der Waals surface area contributed by atoms with Gasteiger partial charge in [-0.05, 0) is 49.6 Å². The molecule has 76 valence electrons. The van der Waals surface area contributed by atoms with E-state index in [0.29, 0.717) is 5.41 Å². The molecule has 0 amide bonds. The van der Waals surface area contributed by atoms with Crippen LogP contribution in [0, 0.1) is 17.3 Å². The summed E-state index contributed by atoms with van der Waals surface area (Å²) in [7, 11) is 0. The summed E-state index contributed by atoms with van der Waals surface area (Å²) >= 11 is 0. The van der Waals surface area contributed by atoms with Crippen LogP contribution in [0.15, 0.2) is 0 Å². The van der Waals surface area contributed by atoms with Crippen LogP contribution in [0.2, 0.25) is 0 Å². The lowest BCUT2D eigenvalue weighted by Gasteiger charge is -2.46. The molecule has 3 heterocycles. The van der Waals surface area contributed by atoms with E-state index in [9.17, 15) is 0 Å². The van der Waals surface area contributed by atoms with E-state index in [-0.39, 0.29) is 0 Å². The van der Waals surface area contributed by atoms with Gasteiger partial charge < -0.3 is 4.90 Å². The number of hydrogen-bond donors (Lipinski definition) is 0. The van der Waals surface area contributed by atoms with Crippen molar-refractivity contribution in [1.82, 2.24) is 4.90 Å². The molecule has 0 N–H and O–H groups in total. The molecule has 3 rings (SSSR count). The maximum Gasteiger partial charge on any atom is 0.00125 e. The maximum atomic E-state index is 2.66. The number of fused-ring (bicyclic) bond motifs is 3. The number of piperidine rings is 3. The van der Waals surface area contributed by atoms with Crippen LogP contribution in [0.4, 0.5) is 0 Å². The zero-order chi connectivity index (χ0) is 9.47. The van der Waals surface area contributed by atoms with Gasteiger partial charge in [0, 0.05) is 6.54 Å². The second-order valence-corrected chi connectivity index (χ2v) is 6.16. The first-order valence-corrected chi connectivity index (χ1v) is 5.77. The van der Waals surface area contributed by atoms with Crippen LogP contribution in [0.1, 0.15) is 40.0 Å². The van der Waals surface area contributed by atoms with Gasteiger partial charge in [-0.2, -0.15) is 0 Å². The van der Waals surface area contributed by atoms with Crippen molar-refractivity contribution in [3.8, 4) is 0 Å². The van der Waals surface area contributed by atoms with Gasteiger partial charge in [0.05, 0.1) is 0 Å². The third-order valence-corrected chi connectivity index (χ3v) is 3.67. The van der Waals surface area contributed by atoms with Crippen molar-refractivity contribution in [2.45, 2.75) is 40.0 Å². The molecule has 0 aliphatic carbocycles. The molecule has 0 aromatic heterocycles. The average molecular weight is 181 g/mol. The van der Waals surface area contributed by atoms with Gasteiger partial charge >= 0.3 is 0 Å². The fourth-order valence-electron chi connectivity index (χ4n) is 3.11. The lowest BCUT2D eigenvalue weighted by molar-refractivity contribution is 0.0300. The molecule has 2 bridgehead atoms. The summed E-state index contributed by atoms with van der Waals surface area (Å²) in [5.41, 5.74) is 0.531. The Kier molecular flexibility index (Phi) is 2.39. The van der Waals surface area contributed by atoms with E-state index in [0.717, 1.165) is 11.8 Å². The van der Waals surface area contributed by atoms with Crippen molar-refractivity contribution in [3.63, 3.8) is 0 Å². The highest BCUT2D eigenvalue weighted by atomic mass is 15.1. The Balaban J connectivity index is 1.94. The van der Waals surface area contributed by atoms with Gasteiger partial charge in [-0.1, -0.05) is 20.8 Å². The molecule has 0 aromatic carbocycles. The Labute approximate surface area is 82.5 Å². The quantitative estimate of drug-likeness (QED) is 0.601. The van der Waals surface area contributed by atoms with Gasteiger partial charge in [-0.3, -0.25) is 0 Å². The smallest absolute Gasteiger partial charge is 0.00125 e. The first-order valence-electron chi connectivity index (χ1n) is 5.77. The molecule has 3 aliphatic heterocycles. The molecule has 1 heteroatoms. The monoisotopic (exact) mass is 181 g/mol. The lowest BCUT2D eigenvalue weighted by atomic mass is 9.72. The molecule has 0 spiro atoms. The Morgan fingerprint density at radius 2 is 1.77 bits per heavy atom. The summed E-state index contributed by atoms with van der Waals surface area (Å²) in [6.07, 6.45) is 4.37. The SMILES string of the molecule is CC(C)(C)C[C@H]1CN2CCC1CC2. The summed E-state index contributed by atoms with van der Waals surface area (Å²) in [5, 5.41) is 0. The van der Waals surface area contributed by atoms with Crippen molar-refractivity contribution in [2.75, 3.05) is 19.6 Å². The molecule has 3 saturated heterocycles. The molecule has 1 atom stereocenters. The van der Waals surface area contributed by atoms with Crippen molar-refractivity contribution in [1.29, 1.82) is 0 Å². The van der Waals surface area contributed by atoms with Crippen LogP contribution in [0.5, 0.6) is 0 Å². The largest absolute Gasteiger partial charge is 0.303 e. The van der Waals surface area contributed by atoms with Crippen molar-refractivity contribution in [2.24, 2.45) is 17.3 Å². The fraction of sp³-hybridized carbons (Fsp3) is 1.00. The zero-order valence-corrected chi connectivity index (χ0v) is 9.34. The Bertz CT molecular complexity index is 172. The first-order chi connectivity index (χ1) is 6.04. The van der Waals surface area contributed by atoms with E-state index in [4.69, 9.17) is 0 Å². The standard InChI is InChI=1S/C12H23N/c1-12(2,3)8-11-9-13-6-4-10(11)5-7-13/h10-11H,4-9H2,1-3H3/t11-/m0/s1. The van der Waals surface area contributed by atoms with Gasteiger partial charge in [-0.25, -0.2) is 0 Å². The van der Waals surface area contributed by atoms with Crippen LogP contribution in [0.25, 0.3) is 0 Å². The molecule has 3 aliphatic rings. The van der Waals surface area contributed by atoms with Gasteiger partial charge in [0.15, 0.2) is 0 Å². The van der Waals surface area contributed by atoms with Crippen LogP contribution >= 0.6 is 0 Å². The van der Waals surface area contributed by atoms with Gasteiger partial charge in [0.2, 0.25) is 0 Å². The summed E-state index contributed by atoms with van der Waals surface area (Å²) in [4.78, 5) is 2.66. The lowest BCUT2D eigenvalue weighted by Crippen LogP contribution is -2.48. The Hall–Kier alpha value is -0.0400. The minimum absolute atomic E-state index is 0.531. The van der Waals surface area contributed by atoms with Gasteiger partial charge in [-0.15, -0.1) is 0 Å². The number of nitrogens with zero attached hydrogens (tertiary/aromatic N) is 1. The van der Waals surface area contributed by atoms with Crippen molar-refractivity contribution < 1.29 is 0 Å². The minimum Gasteiger partial charge on any atom is -0.303 e. The predicted octanol–water partition coefficient (Wildman–Crippen LogP) is 2.76. The van der Waals surface area contributed by atoms with E-state index in [1.807, 2.05) is 0 Å². The minimum atomic E-state index is 0.531. The second kappa shape index (κ2) is 3.27. The van der Waals surface area contributed by atoms with Crippen molar-refractivity contribution in [3.05, 3.63) is 0 Å². The summed E-state index contributed by atoms with van der Waals surface area (Å²) in [6, 6.07) is 0. The fourth-order valence-corrected chi connectivity index (χ4v) is 3.11. The summed E-state index contributed by atoms with van der Waals surface area (Å²) in [6.45, 7) is 11.3. The van der Waals surface area contributed by atoms with Crippen LogP contribution in [-0.4, -0.2) is 24.5 Å². The molecule has 3 fully saturated rings. The third kappa shape index (κ3) is 2.25. The zero-order valence-electron chi connectivity index (χ0n) is 9.34. The molecule has 0 aromatic rings. The number of hydrogen-bond acceptors (Lipinski definition) is 1. The normalized spacial score (nSPS) is 39.5. The van der Waals surface area contributed by atoms with E-state index < -0.39 is 0 Å². The van der Waals surface area contributed by atoms with Crippen molar-refractivity contribution >= 4 is 0 Å². The second-order valence-electron chi connectivity index (χ2n) is 6.16. The number of rotatable bonds is 1. The first kappa shape index (κ1) is 9.51. The van der Waals surface area contributed by atoms with E-state index in [1.54, 1.807) is 0 Å². The van der Waals surface area contributed by atoms with Crippen LogP contribution in [0.3, 0.4) is 0 Å². The molecule has 1 nitrogen and oxygen atoms in total. The Morgan fingerprint density at radius 3 is 2.15 bits per heavy atom. The highest BCUT2D eigenvalue weighted by Gasteiger charge is 2.35. The summed E-state index contributed by atoms with van der Waals surface area (Å²) < 4.78 is 0. The molecule has 13 heavy (non-hydrogen) atoms. The summed E-state index contributed by atoms with van der Waals surface area (Å²) in [5.74, 6) is 2.06. The van der Waals surface area contributed by atoms with E-state index in [1.165, 1.54) is 38.9 Å². The predicted molar refractivity (Wildman–Crippen MR) is 56.7 cm³/mol. The Morgan fingerprint density at radius 1 is 1.15 bits per heavy atom.